The predicted octanol–water partition coefficient (Wildman–Crippen LogP) is 3.17. The summed E-state index contributed by atoms with van der Waals surface area (Å²) < 4.78 is 0. The summed E-state index contributed by atoms with van der Waals surface area (Å²) in [7, 11) is 0. The van der Waals surface area contributed by atoms with Crippen LogP contribution in [0.5, 0.6) is 0 Å². The highest BCUT2D eigenvalue weighted by atomic mass is 16.1. The molecule has 0 saturated carbocycles. The molecule has 24 heavy (non-hydrogen) atoms. The fraction of sp³-hybridized carbons (Fsp3) is 0.500. The zero-order chi connectivity index (χ0) is 16.5. The first-order valence-corrected chi connectivity index (χ1v) is 9.19. The Hall–Kier alpha value is -1.94. The van der Waals surface area contributed by atoms with Crippen molar-refractivity contribution in [1.82, 2.24) is 14.9 Å². The highest BCUT2D eigenvalue weighted by Gasteiger charge is 2.37. The van der Waals surface area contributed by atoms with E-state index in [4.69, 9.17) is 4.98 Å². The summed E-state index contributed by atoms with van der Waals surface area (Å²) in [6.07, 6.45) is 6.69. The Balaban J connectivity index is 1.69. The van der Waals surface area contributed by atoms with Gasteiger partial charge in [-0.2, -0.15) is 0 Å². The minimum absolute atomic E-state index is 0.0573. The molecule has 4 rings (SSSR count). The van der Waals surface area contributed by atoms with E-state index in [1.165, 1.54) is 25.7 Å². The molecule has 1 saturated heterocycles. The van der Waals surface area contributed by atoms with Gasteiger partial charge in [-0.05, 0) is 32.2 Å². The first-order valence-electron chi connectivity index (χ1n) is 9.19. The van der Waals surface area contributed by atoms with Gasteiger partial charge in [-0.1, -0.05) is 43.7 Å². The second kappa shape index (κ2) is 6.52. The van der Waals surface area contributed by atoms with Crippen molar-refractivity contribution in [3.63, 3.8) is 0 Å². The molecule has 0 spiro atoms. The summed E-state index contributed by atoms with van der Waals surface area (Å²) in [5.41, 5.74) is 2.98. The number of hydrogen-bond donors (Lipinski definition) is 1. The molecule has 2 aromatic rings. The molecule has 0 radical (unpaired) electrons. The van der Waals surface area contributed by atoms with Gasteiger partial charge in [-0.15, -0.1) is 0 Å². The molecule has 0 amide bonds. The topological polar surface area (TPSA) is 49.0 Å². The Morgan fingerprint density at radius 3 is 2.67 bits per heavy atom. The van der Waals surface area contributed by atoms with Crippen molar-refractivity contribution in [3.8, 4) is 11.4 Å². The molecule has 2 aliphatic rings. The molecule has 2 atom stereocenters. The SMILES string of the molecule is CCCCN1[C@@H]2CC[C@H]1Cc1nc(-c3ccccc3)[nH]c(=O)c1C2. The monoisotopic (exact) mass is 323 g/mol. The van der Waals surface area contributed by atoms with E-state index < -0.39 is 0 Å². The molecule has 1 fully saturated rings. The maximum atomic E-state index is 12.7. The van der Waals surface area contributed by atoms with Crippen molar-refractivity contribution in [3.05, 3.63) is 51.9 Å². The molecule has 3 heterocycles. The van der Waals surface area contributed by atoms with Crippen molar-refractivity contribution < 1.29 is 0 Å². The number of hydrogen-bond acceptors (Lipinski definition) is 3. The molecule has 4 heteroatoms. The largest absolute Gasteiger partial charge is 0.306 e. The third-order valence-electron chi connectivity index (χ3n) is 5.56. The number of nitrogens with zero attached hydrogens (tertiary/aromatic N) is 2. The van der Waals surface area contributed by atoms with Crippen LogP contribution in [0.1, 0.15) is 43.9 Å². The summed E-state index contributed by atoms with van der Waals surface area (Å²) >= 11 is 0. The van der Waals surface area contributed by atoms with Gasteiger partial charge in [-0.3, -0.25) is 9.69 Å². The van der Waals surface area contributed by atoms with Crippen LogP contribution in [0.2, 0.25) is 0 Å². The first kappa shape index (κ1) is 15.6. The van der Waals surface area contributed by atoms with Crippen LogP contribution in [-0.2, 0) is 12.8 Å². The van der Waals surface area contributed by atoms with E-state index in [9.17, 15) is 4.79 Å². The fourth-order valence-corrected chi connectivity index (χ4v) is 4.27. The third kappa shape index (κ3) is 2.80. The number of H-pyrrole nitrogens is 1. The van der Waals surface area contributed by atoms with E-state index in [-0.39, 0.29) is 5.56 Å². The average Bonchev–Trinajstić information content (AvgIpc) is 2.88. The smallest absolute Gasteiger partial charge is 0.254 e. The van der Waals surface area contributed by atoms with E-state index in [1.807, 2.05) is 30.3 Å². The van der Waals surface area contributed by atoms with E-state index >= 15 is 0 Å². The zero-order valence-electron chi connectivity index (χ0n) is 14.3. The van der Waals surface area contributed by atoms with Crippen molar-refractivity contribution in [1.29, 1.82) is 0 Å². The van der Waals surface area contributed by atoms with Crippen molar-refractivity contribution >= 4 is 0 Å². The Morgan fingerprint density at radius 1 is 1.17 bits per heavy atom. The quantitative estimate of drug-likeness (QED) is 0.940. The Bertz CT molecular complexity index is 768. The summed E-state index contributed by atoms with van der Waals surface area (Å²) in [6, 6.07) is 11.0. The molecule has 4 nitrogen and oxygen atoms in total. The number of aromatic nitrogens is 2. The third-order valence-corrected chi connectivity index (χ3v) is 5.56. The van der Waals surface area contributed by atoms with Crippen LogP contribution < -0.4 is 5.56 Å². The maximum Gasteiger partial charge on any atom is 0.254 e. The van der Waals surface area contributed by atoms with Gasteiger partial charge in [0.2, 0.25) is 0 Å². The lowest BCUT2D eigenvalue weighted by molar-refractivity contribution is 0.194. The molecule has 0 unspecified atom stereocenters. The van der Waals surface area contributed by atoms with Crippen molar-refractivity contribution in [2.24, 2.45) is 0 Å². The van der Waals surface area contributed by atoms with E-state index in [0.29, 0.717) is 17.9 Å². The number of fused-ring (bicyclic) bond motifs is 3. The second-order valence-corrected chi connectivity index (χ2v) is 7.09. The molecule has 1 aromatic heterocycles. The van der Waals surface area contributed by atoms with Gasteiger partial charge < -0.3 is 4.98 Å². The minimum Gasteiger partial charge on any atom is -0.306 e. The molecule has 2 aliphatic heterocycles. The Labute approximate surface area is 142 Å². The molecule has 126 valence electrons. The lowest BCUT2D eigenvalue weighted by Gasteiger charge is -2.27. The maximum absolute atomic E-state index is 12.7. The van der Waals surface area contributed by atoms with Crippen LogP contribution in [0.15, 0.2) is 35.1 Å². The van der Waals surface area contributed by atoms with E-state index in [2.05, 4.69) is 16.8 Å². The number of rotatable bonds is 4. The summed E-state index contributed by atoms with van der Waals surface area (Å²) in [6.45, 7) is 3.40. The zero-order valence-corrected chi connectivity index (χ0v) is 14.3. The molecular formula is C20H25N3O. The Kier molecular flexibility index (Phi) is 4.23. The molecule has 0 aliphatic carbocycles. The number of nitrogens with one attached hydrogen (secondary N) is 1. The van der Waals surface area contributed by atoms with Gasteiger partial charge in [0.05, 0.1) is 5.69 Å². The summed E-state index contributed by atoms with van der Waals surface area (Å²) in [5.74, 6) is 0.706. The number of benzene rings is 1. The predicted molar refractivity (Wildman–Crippen MR) is 96.1 cm³/mol. The second-order valence-electron chi connectivity index (χ2n) is 7.09. The lowest BCUT2D eigenvalue weighted by Crippen LogP contribution is -2.37. The minimum atomic E-state index is 0.0573. The summed E-state index contributed by atoms with van der Waals surface area (Å²) in [4.78, 5) is 23.2. The fourth-order valence-electron chi connectivity index (χ4n) is 4.27. The van der Waals surface area contributed by atoms with Gasteiger partial charge in [-0.25, -0.2) is 4.98 Å². The molecule has 1 N–H and O–H groups in total. The van der Waals surface area contributed by atoms with Gasteiger partial charge >= 0.3 is 0 Å². The van der Waals surface area contributed by atoms with Gasteiger partial charge in [0.1, 0.15) is 5.82 Å². The van der Waals surface area contributed by atoms with Crippen LogP contribution in [0.25, 0.3) is 11.4 Å². The van der Waals surface area contributed by atoms with Gasteiger partial charge in [0, 0.05) is 29.6 Å². The lowest BCUT2D eigenvalue weighted by atomic mass is 9.98. The standard InChI is InChI=1S/C20H25N3O/c1-2-3-11-23-15-9-10-16(23)13-18-17(12-15)20(24)22-19(21-18)14-7-5-4-6-8-14/h4-8,15-16H,2-3,9-13H2,1H3,(H,21,22,24)/t15-,16+/m1/s1. The van der Waals surface area contributed by atoms with Crippen molar-refractivity contribution in [2.45, 2.75) is 57.5 Å². The molecular weight excluding hydrogens is 298 g/mol. The highest BCUT2D eigenvalue weighted by molar-refractivity contribution is 5.54. The van der Waals surface area contributed by atoms with Gasteiger partial charge in [0.15, 0.2) is 0 Å². The van der Waals surface area contributed by atoms with E-state index in [0.717, 1.165) is 36.2 Å². The number of unbranched alkanes of at least 4 members (excludes halogenated alkanes) is 1. The normalized spacial score (nSPS) is 23.0. The average molecular weight is 323 g/mol. The van der Waals surface area contributed by atoms with Crippen LogP contribution >= 0.6 is 0 Å². The highest BCUT2D eigenvalue weighted by Crippen LogP contribution is 2.33. The Morgan fingerprint density at radius 2 is 1.92 bits per heavy atom. The van der Waals surface area contributed by atoms with Crippen LogP contribution in [0.4, 0.5) is 0 Å². The first-order chi connectivity index (χ1) is 11.8. The van der Waals surface area contributed by atoms with E-state index in [1.54, 1.807) is 0 Å². The molecule has 1 aromatic carbocycles. The molecule has 2 bridgehead atoms. The number of aromatic amines is 1. The van der Waals surface area contributed by atoms with Crippen LogP contribution in [0, 0.1) is 0 Å². The van der Waals surface area contributed by atoms with Gasteiger partial charge in [0.25, 0.3) is 5.56 Å². The van der Waals surface area contributed by atoms with Crippen LogP contribution in [-0.4, -0.2) is 33.5 Å². The van der Waals surface area contributed by atoms with Crippen molar-refractivity contribution in [2.75, 3.05) is 6.54 Å². The summed E-state index contributed by atoms with van der Waals surface area (Å²) in [5, 5.41) is 0. The van der Waals surface area contributed by atoms with Crippen LogP contribution in [0.3, 0.4) is 0 Å².